The first-order valence-corrected chi connectivity index (χ1v) is 6.75. The quantitative estimate of drug-likeness (QED) is 0.799. The maximum absolute atomic E-state index is 6.08. The fourth-order valence-electron chi connectivity index (χ4n) is 3.44. The van der Waals surface area contributed by atoms with Gasteiger partial charge in [0.1, 0.15) is 0 Å². The molecule has 1 saturated carbocycles. The van der Waals surface area contributed by atoms with E-state index < -0.39 is 0 Å². The Labute approximate surface area is 104 Å². The predicted octanol–water partition coefficient (Wildman–Crippen LogP) is 0.994. The molecule has 1 heterocycles. The van der Waals surface area contributed by atoms with Crippen molar-refractivity contribution in [1.82, 2.24) is 4.90 Å². The molecule has 0 aromatic rings. The van der Waals surface area contributed by atoms with Crippen molar-refractivity contribution in [3.05, 3.63) is 0 Å². The summed E-state index contributed by atoms with van der Waals surface area (Å²) in [4.78, 5) is 2.55. The molecule has 4 nitrogen and oxygen atoms in total. The van der Waals surface area contributed by atoms with Gasteiger partial charge in [-0.05, 0) is 32.1 Å². The number of ether oxygens (including phenoxy) is 2. The molecule has 0 spiro atoms. The number of rotatable bonds is 4. The van der Waals surface area contributed by atoms with Crippen LogP contribution in [0.15, 0.2) is 0 Å². The number of nitrogens with zero attached hydrogens (tertiary/aromatic N) is 1. The first-order chi connectivity index (χ1) is 8.24. The third-order valence-electron chi connectivity index (χ3n) is 4.64. The van der Waals surface area contributed by atoms with Crippen LogP contribution in [0.2, 0.25) is 0 Å². The van der Waals surface area contributed by atoms with Gasteiger partial charge in [0.25, 0.3) is 0 Å². The molecular formula is C13H26N2O2. The molecule has 2 aliphatic rings. The molecule has 1 aliphatic heterocycles. The number of methoxy groups -OCH3 is 2. The van der Waals surface area contributed by atoms with E-state index in [4.69, 9.17) is 15.2 Å². The summed E-state index contributed by atoms with van der Waals surface area (Å²) in [5.41, 5.74) is 6.24. The topological polar surface area (TPSA) is 47.7 Å². The van der Waals surface area contributed by atoms with Gasteiger partial charge in [0, 0.05) is 39.4 Å². The smallest absolute Gasteiger partial charge is 0.0710 e. The highest BCUT2D eigenvalue weighted by molar-refractivity contribution is 4.99. The second-order valence-corrected chi connectivity index (χ2v) is 5.47. The van der Waals surface area contributed by atoms with Crippen LogP contribution in [0.25, 0.3) is 0 Å². The molecule has 0 aromatic carbocycles. The molecule has 100 valence electrons. The minimum atomic E-state index is 0.159. The summed E-state index contributed by atoms with van der Waals surface area (Å²) < 4.78 is 11.0. The Hall–Kier alpha value is -0.160. The highest BCUT2D eigenvalue weighted by Crippen LogP contribution is 2.36. The van der Waals surface area contributed by atoms with E-state index in [2.05, 4.69) is 4.90 Å². The zero-order valence-electron chi connectivity index (χ0n) is 11.2. The van der Waals surface area contributed by atoms with Crippen molar-refractivity contribution >= 4 is 0 Å². The van der Waals surface area contributed by atoms with E-state index in [1.54, 1.807) is 0 Å². The summed E-state index contributed by atoms with van der Waals surface area (Å²) in [6, 6.07) is 0. The minimum Gasteiger partial charge on any atom is -0.381 e. The molecule has 1 saturated heterocycles. The van der Waals surface area contributed by atoms with Crippen LogP contribution < -0.4 is 5.73 Å². The summed E-state index contributed by atoms with van der Waals surface area (Å²) in [5, 5.41) is 0. The molecule has 2 fully saturated rings. The molecule has 17 heavy (non-hydrogen) atoms. The maximum Gasteiger partial charge on any atom is 0.0710 e. The van der Waals surface area contributed by atoms with Gasteiger partial charge in [0.2, 0.25) is 0 Å². The molecule has 2 rings (SSSR count). The lowest BCUT2D eigenvalue weighted by molar-refractivity contribution is -0.0188. The van der Waals surface area contributed by atoms with Gasteiger partial charge in [-0.2, -0.15) is 0 Å². The second kappa shape index (κ2) is 5.65. The SMILES string of the molecule is COC1CCN(C2(CN)CCCC(OC)C2)C1. The normalized spacial score (nSPS) is 39.7. The van der Waals surface area contributed by atoms with Crippen molar-refractivity contribution in [1.29, 1.82) is 0 Å². The Bertz CT molecular complexity index is 250. The van der Waals surface area contributed by atoms with Crippen molar-refractivity contribution in [2.45, 2.75) is 49.9 Å². The predicted molar refractivity (Wildman–Crippen MR) is 68.0 cm³/mol. The van der Waals surface area contributed by atoms with Gasteiger partial charge in [-0.15, -0.1) is 0 Å². The summed E-state index contributed by atoms with van der Waals surface area (Å²) in [6.07, 6.45) is 6.60. The fraction of sp³-hybridized carbons (Fsp3) is 1.00. The largest absolute Gasteiger partial charge is 0.381 e. The van der Waals surface area contributed by atoms with Gasteiger partial charge in [0.15, 0.2) is 0 Å². The first kappa shape index (κ1) is 13.3. The molecule has 3 atom stereocenters. The second-order valence-electron chi connectivity index (χ2n) is 5.47. The molecule has 0 aromatic heterocycles. The summed E-state index contributed by atoms with van der Waals surface area (Å²) in [7, 11) is 3.63. The van der Waals surface area contributed by atoms with E-state index in [1.807, 2.05) is 14.2 Å². The monoisotopic (exact) mass is 242 g/mol. The Kier molecular flexibility index (Phi) is 4.42. The van der Waals surface area contributed by atoms with Crippen molar-refractivity contribution in [3.63, 3.8) is 0 Å². The molecule has 0 bridgehead atoms. The van der Waals surface area contributed by atoms with Crippen LogP contribution in [0, 0.1) is 0 Å². The van der Waals surface area contributed by atoms with Crippen molar-refractivity contribution in [2.24, 2.45) is 5.73 Å². The standard InChI is InChI=1S/C13H26N2O2/c1-16-11-4-3-6-13(8-11,10-14)15-7-5-12(9-15)17-2/h11-12H,3-10,14H2,1-2H3. The van der Waals surface area contributed by atoms with Gasteiger partial charge < -0.3 is 15.2 Å². The van der Waals surface area contributed by atoms with Crippen molar-refractivity contribution < 1.29 is 9.47 Å². The zero-order valence-corrected chi connectivity index (χ0v) is 11.2. The number of nitrogens with two attached hydrogens (primary N) is 1. The average Bonchev–Trinajstić information content (AvgIpc) is 2.88. The third kappa shape index (κ3) is 2.65. The summed E-state index contributed by atoms with van der Waals surface area (Å²) in [5.74, 6) is 0. The van der Waals surface area contributed by atoms with Crippen LogP contribution in [-0.2, 0) is 9.47 Å². The Morgan fingerprint density at radius 2 is 2.00 bits per heavy atom. The molecule has 1 aliphatic carbocycles. The Balaban J connectivity index is 2.03. The van der Waals surface area contributed by atoms with Gasteiger partial charge in [-0.3, -0.25) is 4.90 Å². The van der Waals surface area contributed by atoms with Crippen LogP contribution >= 0.6 is 0 Å². The van der Waals surface area contributed by atoms with Crippen LogP contribution in [0.3, 0.4) is 0 Å². The lowest BCUT2D eigenvalue weighted by Crippen LogP contribution is -2.56. The van der Waals surface area contributed by atoms with Crippen LogP contribution in [0.4, 0.5) is 0 Å². The van der Waals surface area contributed by atoms with Crippen LogP contribution in [-0.4, -0.2) is 56.5 Å². The maximum atomic E-state index is 6.08. The van der Waals surface area contributed by atoms with E-state index in [1.165, 1.54) is 19.3 Å². The van der Waals surface area contributed by atoms with Crippen molar-refractivity contribution in [3.8, 4) is 0 Å². The van der Waals surface area contributed by atoms with E-state index in [9.17, 15) is 0 Å². The van der Waals surface area contributed by atoms with E-state index >= 15 is 0 Å². The Morgan fingerprint density at radius 3 is 2.59 bits per heavy atom. The highest BCUT2D eigenvalue weighted by Gasteiger charge is 2.43. The van der Waals surface area contributed by atoms with Crippen LogP contribution in [0.1, 0.15) is 32.1 Å². The lowest BCUT2D eigenvalue weighted by atomic mass is 9.79. The summed E-state index contributed by atoms with van der Waals surface area (Å²) >= 11 is 0. The van der Waals surface area contributed by atoms with Gasteiger partial charge in [0.05, 0.1) is 12.2 Å². The third-order valence-corrected chi connectivity index (χ3v) is 4.64. The number of likely N-dealkylation sites (tertiary alicyclic amines) is 1. The molecule has 4 heteroatoms. The Morgan fingerprint density at radius 1 is 1.24 bits per heavy atom. The number of hydrogen-bond acceptors (Lipinski definition) is 4. The molecule has 0 amide bonds. The van der Waals surface area contributed by atoms with E-state index in [0.29, 0.717) is 12.2 Å². The minimum absolute atomic E-state index is 0.159. The lowest BCUT2D eigenvalue weighted by Gasteiger charge is -2.46. The van der Waals surface area contributed by atoms with Gasteiger partial charge in [-0.25, -0.2) is 0 Å². The highest BCUT2D eigenvalue weighted by atomic mass is 16.5. The molecule has 3 unspecified atom stereocenters. The van der Waals surface area contributed by atoms with Gasteiger partial charge >= 0.3 is 0 Å². The zero-order chi connectivity index (χ0) is 12.3. The van der Waals surface area contributed by atoms with Gasteiger partial charge in [-0.1, -0.05) is 0 Å². The average molecular weight is 242 g/mol. The molecule has 2 N–H and O–H groups in total. The van der Waals surface area contributed by atoms with Crippen molar-refractivity contribution in [2.75, 3.05) is 33.9 Å². The molecule has 0 radical (unpaired) electrons. The fourth-order valence-corrected chi connectivity index (χ4v) is 3.44. The number of hydrogen-bond donors (Lipinski definition) is 1. The molecular weight excluding hydrogens is 216 g/mol. The summed E-state index contributed by atoms with van der Waals surface area (Å²) in [6.45, 7) is 2.89. The van der Waals surface area contributed by atoms with Crippen LogP contribution in [0.5, 0.6) is 0 Å². The van der Waals surface area contributed by atoms with E-state index in [-0.39, 0.29) is 5.54 Å². The first-order valence-electron chi connectivity index (χ1n) is 6.75. The van der Waals surface area contributed by atoms with E-state index in [0.717, 1.165) is 32.5 Å².